The minimum atomic E-state index is -0.371. The van der Waals surface area contributed by atoms with Crippen LogP contribution in [0, 0.1) is 12.7 Å². The number of rotatable bonds is 4. The van der Waals surface area contributed by atoms with Gasteiger partial charge in [0, 0.05) is 16.3 Å². The Labute approximate surface area is 128 Å². The lowest BCUT2D eigenvalue weighted by molar-refractivity contribution is 0.399. The molecule has 2 aromatic carbocycles. The molecule has 0 bridgehead atoms. The van der Waals surface area contributed by atoms with Crippen LogP contribution < -0.4 is 0 Å². The summed E-state index contributed by atoms with van der Waals surface area (Å²) in [7, 11) is 4.07. The highest BCUT2D eigenvalue weighted by Crippen LogP contribution is 2.35. The molecule has 0 N–H and O–H groups in total. The third-order valence-corrected chi connectivity index (χ3v) is 4.46. The molecule has 1 nitrogen and oxygen atoms in total. The van der Waals surface area contributed by atoms with Gasteiger partial charge in [-0.3, -0.25) is 0 Å². The van der Waals surface area contributed by atoms with Crippen LogP contribution in [0.5, 0.6) is 0 Å². The van der Waals surface area contributed by atoms with Gasteiger partial charge in [-0.25, -0.2) is 4.39 Å². The summed E-state index contributed by atoms with van der Waals surface area (Å²) in [6.45, 7) is 2.81. The minimum absolute atomic E-state index is 0.174. The van der Waals surface area contributed by atoms with E-state index in [0.29, 0.717) is 0 Å². The number of hydrogen-bond acceptors (Lipinski definition) is 2. The third-order valence-electron chi connectivity index (χ3n) is 2.90. The van der Waals surface area contributed by atoms with Crippen LogP contribution in [0.1, 0.15) is 11.1 Å². The second-order valence-electron chi connectivity index (χ2n) is 4.98. The van der Waals surface area contributed by atoms with Crippen molar-refractivity contribution in [1.29, 1.82) is 0 Å². The Balaban J connectivity index is 2.33. The first-order valence-electron chi connectivity index (χ1n) is 6.33. The molecular formula is C16H17ClFNS. The van der Waals surface area contributed by atoms with Gasteiger partial charge in [0.2, 0.25) is 0 Å². The quantitative estimate of drug-likeness (QED) is 0.782. The van der Waals surface area contributed by atoms with Gasteiger partial charge in [0.25, 0.3) is 0 Å². The molecule has 0 amide bonds. The topological polar surface area (TPSA) is 3.24 Å². The minimum Gasteiger partial charge on any atom is -0.305 e. The Kier molecular flexibility index (Phi) is 5.08. The number of aryl methyl sites for hydroxylation is 1. The average molecular weight is 309 g/mol. The van der Waals surface area contributed by atoms with Crippen LogP contribution in [-0.4, -0.2) is 19.0 Å². The predicted molar refractivity (Wildman–Crippen MR) is 84.1 cm³/mol. The van der Waals surface area contributed by atoms with Gasteiger partial charge in [-0.1, -0.05) is 41.6 Å². The van der Waals surface area contributed by atoms with E-state index >= 15 is 0 Å². The van der Waals surface area contributed by atoms with Crippen LogP contribution >= 0.6 is 23.4 Å². The van der Waals surface area contributed by atoms with Crippen molar-refractivity contribution in [2.45, 2.75) is 23.3 Å². The molecule has 0 saturated carbocycles. The Morgan fingerprint density at radius 3 is 2.55 bits per heavy atom. The van der Waals surface area contributed by atoms with Gasteiger partial charge in [0.05, 0.1) is 5.02 Å². The molecule has 106 valence electrons. The van der Waals surface area contributed by atoms with Gasteiger partial charge in [-0.2, -0.15) is 0 Å². The molecule has 2 aromatic rings. The van der Waals surface area contributed by atoms with E-state index in [9.17, 15) is 4.39 Å². The summed E-state index contributed by atoms with van der Waals surface area (Å²) in [5, 5.41) is 0.174. The lowest BCUT2D eigenvalue weighted by Crippen LogP contribution is -2.11. The standard InChI is InChI=1S/C16H17ClFNS/c1-11-8-13(17)14(18)9-16(11)20-15-7-5-4-6-12(15)10-19(2)3/h4-9H,10H2,1-3H3/i18-1. The monoisotopic (exact) mass is 308 g/mol. The molecule has 0 aliphatic carbocycles. The highest BCUT2D eigenvalue weighted by Gasteiger charge is 2.10. The zero-order valence-corrected chi connectivity index (χ0v) is 13.4. The first-order chi connectivity index (χ1) is 9.47. The van der Waals surface area contributed by atoms with E-state index in [0.717, 1.165) is 21.9 Å². The summed E-state index contributed by atoms with van der Waals surface area (Å²) in [6, 6.07) is 11.4. The molecule has 0 aromatic heterocycles. The van der Waals surface area contributed by atoms with Crippen molar-refractivity contribution in [1.82, 2.24) is 4.90 Å². The van der Waals surface area contributed by atoms with E-state index in [1.54, 1.807) is 17.8 Å². The van der Waals surface area contributed by atoms with Gasteiger partial charge in [-0.05, 0) is 50.3 Å². The number of benzene rings is 2. The molecule has 0 fully saturated rings. The van der Waals surface area contributed by atoms with E-state index < -0.39 is 0 Å². The molecule has 0 saturated heterocycles. The van der Waals surface area contributed by atoms with Crippen LogP contribution in [0.15, 0.2) is 46.2 Å². The van der Waals surface area contributed by atoms with Crippen molar-refractivity contribution in [2.24, 2.45) is 0 Å². The van der Waals surface area contributed by atoms with Crippen molar-refractivity contribution in [3.63, 3.8) is 0 Å². The Morgan fingerprint density at radius 2 is 1.85 bits per heavy atom. The summed E-state index contributed by atoms with van der Waals surface area (Å²) in [5.41, 5.74) is 2.22. The Hall–Kier alpha value is -1.03. The van der Waals surface area contributed by atoms with Gasteiger partial charge in [-0.15, -0.1) is 0 Å². The zero-order valence-electron chi connectivity index (χ0n) is 11.8. The molecule has 0 atom stereocenters. The average Bonchev–Trinajstić information content (AvgIpc) is 2.37. The number of nitrogens with zero attached hydrogens (tertiary/aromatic N) is 1. The molecule has 4 heteroatoms. The second kappa shape index (κ2) is 6.61. The third kappa shape index (κ3) is 3.75. The summed E-state index contributed by atoms with van der Waals surface area (Å²) < 4.78 is 13.6. The molecule has 20 heavy (non-hydrogen) atoms. The van der Waals surface area contributed by atoms with Crippen molar-refractivity contribution >= 4 is 23.4 Å². The smallest absolute Gasteiger partial charge is 0.142 e. The van der Waals surface area contributed by atoms with Crippen molar-refractivity contribution in [3.8, 4) is 0 Å². The van der Waals surface area contributed by atoms with E-state index in [-0.39, 0.29) is 10.8 Å². The predicted octanol–water partition coefficient (Wildman–Crippen LogP) is 5.00. The Morgan fingerprint density at radius 1 is 1.15 bits per heavy atom. The summed E-state index contributed by atoms with van der Waals surface area (Å²) in [6.07, 6.45) is 0. The van der Waals surface area contributed by atoms with E-state index in [1.165, 1.54) is 11.6 Å². The first-order valence-corrected chi connectivity index (χ1v) is 7.53. The maximum Gasteiger partial charge on any atom is 0.142 e. The van der Waals surface area contributed by atoms with E-state index in [1.807, 2.05) is 33.2 Å². The lowest BCUT2D eigenvalue weighted by atomic mass is 10.2. The Bertz CT molecular complexity index is 613. The van der Waals surface area contributed by atoms with Crippen LogP contribution in [0.3, 0.4) is 0 Å². The molecule has 0 aliphatic rings. The van der Waals surface area contributed by atoms with Crippen molar-refractivity contribution in [3.05, 3.63) is 58.4 Å². The van der Waals surface area contributed by atoms with E-state index in [2.05, 4.69) is 17.0 Å². The second-order valence-corrected chi connectivity index (χ2v) is 6.47. The van der Waals surface area contributed by atoms with Gasteiger partial charge in [0.1, 0.15) is 5.82 Å². The van der Waals surface area contributed by atoms with Crippen LogP contribution in [0.4, 0.5) is 4.39 Å². The molecular weight excluding hydrogens is 292 g/mol. The summed E-state index contributed by atoms with van der Waals surface area (Å²) >= 11 is 7.38. The fourth-order valence-corrected chi connectivity index (χ4v) is 3.18. The summed E-state index contributed by atoms with van der Waals surface area (Å²) in [5.74, 6) is -0.371. The fourth-order valence-electron chi connectivity index (χ4n) is 1.93. The first kappa shape index (κ1) is 15.4. The normalized spacial score (nSPS) is 11.1. The van der Waals surface area contributed by atoms with Gasteiger partial charge >= 0.3 is 0 Å². The highest BCUT2D eigenvalue weighted by atomic mass is 35.5. The molecule has 0 radical (unpaired) electrons. The molecule has 0 spiro atoms. The molecule has 2 rings (SSSR count). The van der Waals surface area contributed by atoms with Gasteiger partial charge < -0.3 is 4.90 Å². The fraction of sp³-hybridized carbons (Fsp3) is 0.250. The number of hydrogen-bond donors (Lipinski definition) is 0. The van der Waals surface area contributed by atoms with Crippen LogP contribution in [-0.2, 0) is 6.54 Å². The van der Waals surface area contributed by atoms with Gasteiger partial charge in [0.15, 0.2) is 0 Å². The number of halogens is 2. The van der Waals surface area contributed by atoms with Crippen molar-refractivity contribution in [2.75, 3.05) is 14.1 Å². The molecule has 0 heterocycles. The maximum atomic E-state index is 13.6. The van der Waals surface area contributed by atoms with Crippen LogP contribution in [0.25, 0.3) is 0 Å². The lowest BCUT2D eigenvalue weighted by Gasteiger charge is -2.14. The summed E-state index contributed by atoms with van der Waals surface area (Å²) in [4.78, 5) is 4.17. The van der Waals surface area contributed by atoms with Crippen LogP contribution in [0.2, 0.25) is 5.02 Å². The molecule has 0 unspecified atom stereocenters. The van der Waals surface area contributed by atoms with Crippen molar-refractivity contribution < 1.29 is 4.39 Å². The zero-order chi connectivity index (χ0) is 14.7. The highest BCUT2D eigenvalue weighted by molar-refractivity contribution is 7.99. The maximum absolute atomic E-state index is 13.6. The largest absolute Gasteiger partial charge is 0.305 e. The van der Waals surface area contributed by atoms with E-state index in [4.69, 9.17) is 11.6 Å². The SMILES string of the molecule is Cc1cc(Cl)c([18F])cc1Sc1ccccc1CN(C)C. The molecule has 0 aliphatic heterocycles.